The Hall–Kier alpha value is -2.64. The van der Waals surface area contributed by atoms with Crippen molar-refractivity contribution in [2.75, 3.05) is 39.2 Å². The van der Waals surface area contributed by atoms with Crippen molar-refractivity contribution in [3.8, 4) is 11.5 Å². The summed E-state index contributed by atoms with van der Waals surface area (Å²) in [6.45, 7) is 2.82. The fourth-order valence-corrected chi connectivity index (χ4v) is 3.68. The zero-order valence-corrected chi connectivity index (χ0v) is 17.7. The van der Waals surface area contributed by atoms with Gasteiger partial charge in [0.05, 0.1) is 24.9 Å². The second-order valence-electron chi connectivity index (χ2n) is 7.56. The third kappa shape index (κ3) is 4.74. The number of nitrogens with zero attached hydrogens (tertiary/aromatic N) is 3. The van der Waals surface area contributed by atoms with Crippen molar-refractivity contribution in [3.05, 3.63) is 47.4 Å². The van der Waals surface area contributed by atoms with Crippen LogP contribution in [0.5, 0.6) is 11.5 Å². The van der Waals surface area contributed by atoms with Gasteiger partial charge in [-0.05, 0) is 63.2 Å². The number of halogens is 2. The van der Waals surface area contributed by atoms with Gasteiger partial charge in [-0.1, -0.05) is 11.6 Å². The monoisotopic (exact) mass is 430 g/mol. The van der Waals surface area contributed by atoms with Crippen molar-refractivity contribution in [1.29, 1.82) is 0 Å². The minimum absolute atomic E-state index is 0.256. The lowest BCUT2D eigenvalue weighted by molar-refractivity contribution is 0.157. The smallest absolute Gasteiger partial charge is 0.227 e. The number of likely N-dealkylation sites (tertiary alicyclic amines) is 1. The average molecular weight is 431 g/mol. The highest BCUT2D eigenvalue weighted by Gasteiger charge is 2.18. The van der Waals surface area contributed by atoms with E-state index in [0.717, 1.165) is 31.3 Å². The molecule has 4 rings (SSSR count). The maximum absolute atomic E-state index is 14.1. The first-order valence-corrected chi connectivity index (χ1v) is 10.3. The molecule has 0 unspecified atom stereocenters. The van der Waals surface area contributed by atoms with Crippen LogP contribution in [0.4, 0.5) is 16.0 Å². The Labute approximate surface area is 180 Å². The number of ether oxygens (including phenoxy) is 2. The molecule has 1 fully saturated rings. The van der Waals surface area contributed by atoms with Gasteiger partial charge >= 0.3 is 0 Å². The van der Waals surface area contributed by atoms with Gasteiger partial charge in [0.15, 0.2) is 11.5 Å². The number of fused-ring (bicyclic) bond motifs is 1. The number of methoxy groups -OCH3 is 1. The highest BCUT2D eigenvalue weighted by atomic mass is 35.5. The van der Waals surface area contributed by atoms with Crippen LogP contribution in [0.3, 0.4) is 0 Å². The van der Waals surface area contributed by atoms with E-state index in [4.69, 9.17) is 21.1 Å². The van der Waals surface area contributed by atoms with Gasteiger partial charge in [-0.3, -0.25) is 0 Å². The molecular weight excluding hydrogens is 407 g/mol. The molecule has 0 spiro atoms. The Kier molecular flexibility index (Phi) is 6.20. The molecule has 0 amide bonds. The number of hydrogen-bond acceptors (Lipinski definition) is 6. The number of rotatable bonds is 6. The van der Waals surface area contributed by atoms with Crippen LogP contribution in [-0.2, 0) is 0 Å². The van der Waals surface area contributed by atoms with E-state index >= 15 is 0 Å². The summed E-state index contributed by atoms with van der Waals surface area (Å²) in [5.74, 6) is 1.63. The summed E-state index contributed by atoms with van der Waals surface area (Å²) in [5.41, 5.74) is 0.937. The Morgan fingerprint density at radius 2 is 2.00 bits per heavy atom. The van der Waals surface area contributed by atoms with Crippen LogP contribution in [0.25, 0.3) is 10.9 Å². The van der Waals surface area contributed by atoms with Crippen LogP contribution >= 0.6 is 11.6 Å². The van der Waals surface area contributed by atoms with E-state index < -0.39 is 5.82 Å². The Morgan fingerprint density at radius 3 is 2.73 bits per heavy atom. The van der Waals surface area contributed by atoms with Crippen molar-refractivity contribution in [3.63, 3.8) is 0 Å². The van der Waals surface area contributed by atoms with Crippen LogP contribution in [0.2, 0.25) is 5.02 Å². The highest BCUT2D eigenvalue weighted by molar-refractivity contribution is 6.30. The fourth-order valence-electron chi connectivity index (χ4n) is 3.52. The summed E-state index contributed by atoms with van der Waals surface area (Å²) in [6.07, 6.45) is 3.91. The van der Waals surface area contributed by atoms with Crippen LogP contribution in [0.1, 0.15) is 12.8 Å². The van der Waals surface area contributed by atoms with Gasteiger partial charge in [-0.2, -0.15) is 0 Å². The summed E-state index contributed by atoms with van der Waals surface area (Å²) in [7, 11) is 3.76. The molecule has 1 saturated heterocycles. The van der Waals surface area contributed by atoms with Crippen molar-refractivity contribution >= 4 is 34.1 Å². The molecule has 30 heavy (non-hydrogen) atoms. The Balaban J connectivity index is 1.54. The van der Waals surface area contributed by atoms with Crippen LogP contribution in [0.15, 0.2) is 36.5 Å². The van der Waals surface area contributed by atoms with Crippen molar-refractivity contribution in [2.24, 2.45) is 5.92 Å². The molecule has 8 heteroatoms. The predicted octanol–water partition coefficient (Wildman–Crippen LogP) is 4.90. The zero-order valence-electron chi connectivity index (χ0n) is 17.0. The molecule has 2 heterocycles. The number of anilines is 2. The Morgan fingerprint density at radius 1 is 1.20 bits per heavy atom. The standard InChI is InChI=1S/C22H24ClFN4O2/c1-28-7-5-14(6-8-28)13-30-21-11-19-15(9-20(21)29-2)12-25-22(27-19)26-18-4-3-16(23)10-17(18)24/h3-4,9-12,14H,5-8,13H2,1-2H3,(H,25,26,27). The third-order valence-corrected chi connectivity index (χ3v) is 5.59. The minimum atomic E-state index is -0.469. The summed E-state index contributed by atoms with van der Waals surface area (Å²) in [6, 6.07) is 8.09. The van der Waals surface area contributed by atoms with E-state index in [1.54, 1.807) is 25.4 Å². The maximum atomic E-state index is 14.1. The van der Waals surface area contributed by atoms with Crippen LogP contribution < -0.4 is 14.8 Å². The summed E-state index contributed by atoms with van der Waals surface area (Å²) in [5, 5.41) is 4.03. The molecule has 0 atom stereocenters. The molecule has 0 saturated carbocycles. The van der Waals surface area contributed by atoms with Gasteiger partial charge in [0, 0.05) is 22.7 Å². The molecule has 0 bridgehead atoms. The lowest BCUT2D eigenvalue weighted by atomic mass is 9.98. The van der Waals surface area contributed by atoms with Gasteiger partial charge in [0.1, 0.15) is 5.82 Å². The van der Waals surface area contributed by atoms with Gasteiger partial charge in [-0.25, -0.2) is 14.4 Å². The average Bonchev–Trinajstić information content (AvgIpc) is 2.74. The molecule has 158 valence electrons. The first-order valence-electron chi connectivity index (χ1n) is 9.90. The first-order chi connectivity index (χ1) is 14.5. The Bertz CT molecular complexity index is 1040. The number of benzene rings is 2. The molecule has 0 radical (unpaired) electrons. The van der Waals surface area contributed by atoms with E-state index in [9.17, 15) is 4.39 Å². The molecule has 2 aromatic carbocycles. The quantitative estimate of drug-likeness (QED) is 0.600. The van der Waals surface area contributed by atoms with Crippen molar-refractivity contribution in [2.45, 2.75) is 12.8 Å². The topological polar surface area (TPSA) is 59.5 Å². The fraction of sp³-hybridized carbons (Fsp3) is 0.364. The maximum Gasteiger partial charge on any atom is 0.227 e. The number of aromatic nitrogens is 2. The van der Waals surface area contributed by atoms with E-state index in [1.807, 2.05) is 12.1 Å². The summed E-state index contributed by atoms with van der Waals surface area (Å²) >= 11 is 5.81. The molecule has 1 aliphatic rings. The molecule has 1 N–H and O–H groups in total. The summed E-state index contributed by atoms with van der Waals surface area (Å²) < 4.78 is 25.7. The normalized spacial score (nSPS) is 15.3. The number of piperidine rings is 1. The summed E-state index contributed by atoms with van der Waals surface area (Å²) in [4.78, 5) is 11.1. The second kappa shape index (κ2) is 9.02. The van der Waals surface area contributed by atoms with E-state index in [1.165, 1.54) is 6.07 Å². The molecule has 3 aromatic rings. The van der Waals surface area contributed by atoms with Gasteiger partial charge in [-0.15, -0.1) is 0 Å². The largest absolute Gasteiger partial charge is 0.493 e. The zero-order chi connectivity index (χ0) is 21.1. The first kappa shape index (κ1) is 20.6. The molecule has 0 aliphatic carbocycles. The third-order valence-electron chi connectivity index (χ3n) is 5.36. The highest BCUT2D eigenvalue weighted by Crippen LogP contribution is 2.33. The van der Waals surface area contributed by atoms with E-state index in [2.05, 4.69) is 27.2 Å². The molecule has 1 aliphatic heterocycles. The lowest BCUT2D eigenvalue weighted by Crippen LogP contribution is -2.32. The van der Waals surface area contributed by atoms with Gasteiger partial charge in [0.2, 0.25) is 5.95 Å². The molecule has 1 aromatic heterocycles. The van der Waals surface area contributed by atoms with Crippen molar-refractivity contribution < 1.29 is 13.9 Å². The van der Waals surface area contributed by atoms with Crippen LogP contribution in [-0.4, -0.2) is 48.7 Å². The second-order valence-corrected chi connectivity index (χ2v) is 8.00. The molecular formula is C22H24ClFN4O2. The molecule has 6 nitrogen and oxygen atoms in total. The van der Waals surface area contributed by atoms with Gasteiger partial charge in [0.25, 0.3) is 0 Å². The van der Waals surface area contributed by atoms with Gasteiger partial charge < -0.3 is 19.7 Å². The van der Waals surface area contributed by atoms with Crippen LogP contribution in [0, 0.1) is 11.7 Å². The van der Waals surface area contributed by atoms with E-state index in [0.29, 0.717) is 34.6 Å². The number of hydrogen-bond donors (Lipinski definition) is 1. The van der Waals surface area contributed by atoms with Crippen molar-refractivity contribution in [1.82, 2.24) is 14.9 Å². The SMILES string of the molecule is COc1cc2cnc(Nc3ccc(Cl)cc3F)nc2cc1OCC1CCN(C)CC1. The van der Waals surface area contributed by atoms with E-state index in [-0.39, 0.29) is 11.6 Å². The lowest BCUT2D eigenvalue weighted by Gasteiger charge is -2.28. The number of nitrogens with one attached hydrogen (secondary N) is 1. The predicted molar refractivity (Wildman–Crippen MR) is 116 cm³/mol. The minimum Gasteiger partial charge on any atom is -0.493 e.